The normalized spacial score (nSPS) is 24.6. The van der Waals surface area contributed by atoms with Gasteiger partial charge in [0.1, 0.15) is 6.61 Å². The number of nitrogens with zero attached hydrogens (tertiary/aromatic N) is 3. The molecule has 0 bridgehead atoms. The third-order valence-electron chi connectivity index (χ3n) is 5.12. The van der Waals surface area contributed by atoms with Crippen LogP contribution < -0.4 is 9.80 Å². The molecule has 0 N–H and O–H groups in total. The minimum atomic E-state index is -3.09. The Kier molecular flexibility index (Phi) is 6.36. The van der Waals surface area contributed by atoms with Gasteiger partial charge in [-0.15, -0.1) is 0 Å². The maximum atomic E-state index is 12.2. The van der Waals surface area contributed by atoms with Crippen LogP contribution in [0.15, 0.2) is 23.2 Å². The fourth-order valence-corrected chi connectivity index (χ4v) is 7.73. The molecule has 2 heterocycles. The monoisotopic (exact) mass is 425 g/mol. The van der Waals surface area contributed by atoms with Gasteiger partial charge in [0.15, 0.2) is 15.0 Å². The van der Waals surface area contributed by atoms with Gasteiger partial charge >= 0.3 is 0 Å². The lowest BCUT2D eigenvalue weighted by Gasteiger charge is -2.28. The third kappa shape index (κ3) is 4.21. The summed E-state index contributed by atoms with van der Waals surface area (Å²) >= 11 is 1.38. The number of thioether (sulfide) groups is 1. The average Bonchev–Trinajstić information content (AvgIpc) is 3.08. The molecule has 9 heteroatoms. The molecule has 1 aromatic carbocycles. The molecule has 7 nitrogen and oxygen atoms in total. The van der Waals surface area contributed by atoms with Crippen molar-refractivity contribution in [3.63, 3.8) is 0 Å². The number of rotatable bonds is 6. The summed E-state index contributed by atoms with van der Waals surface area (Å²) in [6, 6.07) is 5.96. The highest BCUT2D eigenvalue weighted by molar-refractivity contribution is 8.16. The number of carbonyl (C=O) groups is 1. The molecule has 28 heavy (non-hydrogen) atoms. The summed E-state index contributed by atoms with van der Waals surface area (Å²) in [6.07, 6.45) is 0. The standard InChI is InChI=1S/C19H27N3O4S2/c1-5-21(6-2)14-7-8-15(13(3)9-14)22-16-11-28(24,25)12-17(16)27-19(22)20-18(23)10-26-4/h7-9,16-17H,5-6,10-12H2,1-4H3/t16-,17-/m1/s1. The second kappa shape index (κ2) is 8.42. The van der Waals surface area contributed by atoms with Gasteiger partial charge in [-0.1, -0.05) is 11.8 Å². The van der Waals surface area contributed by atoms with Gasteiger partial charge in [0, 0.05) is 36.8 Å². The minimum absolute atomic E-state index is 0.0827. The van der Waals surface area contributed by atoms with Crippen LogP contribution in [0.3, 0.4) is 0 Å². The quantitative estimate of drug-likeness (QED) is 0.690. The van der Waals surface area contributed by atoms with Crippen LogP contribution in [-0.2, 0) is 19.4 Å². The van der Waals surface area contributed by atoms with Crippen LogP contribution in [0.25, 0.3) is 0 Å². The Balaban J connectivity index is 2.00. The first kappa shape index (κ1) is 21.1. The van der Waals surface area contributed by atoms with Crippen molar-refractivity contribution in [2.75, 3.05) is 48.1 Å². The van der Waals surface area contributed by atoms with E-state index in [9.17, 15) is 13.2 Å². The summed E-state index contributed by atoms with van der Waals surface area (Å²) in [5, 5.41) is 0.451. The van der Waals surface area contributed by atoms with Gasteiger partial charge in [0.2, 0.25) is 0 Å². The Morgan fingerprint density at radius 2 is 2.04 bits per heavy atom. The van der Waals surface area contributed by atoms with E-state index in [1.165, 1.54) is 18.9 Å². The maximum absolute atomic E-state index is 12.2. The molecule has 2 atom stereocenters. The molecule has 2 saturated heterocycles. The van der Waals surface area contributed by atoms with Crippen LogP contribution in [0.1, 0.15) is 19.4 Å². The van der Waals surface area contributed by atoms with Gasteiger partial charge in [0.25, 0.3) is 5.91 Å². The zero-order chi connectivity index (χ0) is 20.5. The highest BCUT2D eigenvalue weighted by Crippen LogP contribution is 2.42. The first-order valence-electron chi connectivity index (χ1n) is 9.42. The molecule has 1 amide bonds. The van der Waals surface area contributed by atoms with Gasteiger partial charge in [-0.2, -0.15) is 4.99 Å². The summed E-state index contributed by atoms with van der Waals surface area (Å²) in [7, 11) is -1.63. The molecule has 0 radical (unpaired) electrons. The number of hydrogen-bond acceptors (Lipinski definition) is 6. The first-order valence-corrected chi connectivity index (χ1v) is 12.1. The number of carbonyl (C=O) groups excluding carboxylic acids is 1. The summed E-state index contributed by atoms with van der Waals surface area (Å²) in [4.78, 5) is 20.5. The van der Waals surface area contributed by atoms with E-state index < -0.39 is 9.84 Å². The van der Waals surface area contributed by atoms with Gasteiger partial charge in [0.05, 0.1) is 17.5 Å². The predicted molar refractivity (Wildman–Crippen MR) is 115 cm³/mol. The van der Waals surface area contributed by atoms with Crippen LogP contribution >= 0.6 is 11.8 Å². The molecule has 0 unspecified atom stereocenters. The molecule has 2 aliphatic heterocycles. The number of methoxy groups -OCH3 is 1. The Morgan fingerprint density at radius 3 is 2.64 bits per heavy atom. The van der Waals surface area contributed by atoms with Gasteiger partial charge < -0.3 is 14.5 Å². The molecular weight excluding hydrogens is 398 g/mol. The molecule has 3 rings (SSSR count). The van der Waals surface area contributed by atoms with Crippen LogP contribution in [0, 0.1) is 6.92 Å². The van der Waals surface area contributed by atoms with E-state index in [0.29, 0.717) is 5.17 Å². The van der Waals surface area contributed by atoms with Gasteiger partial charge in [-0.05, 0) is 44.5 Å². The topological polar surface area (TPSA) is 79.3 Å². The lowest BCUT2D eigenvalue weighted by Crippen LogP contribution is -2.38. The van der Waals surface area contributed by atoms with Crippen molar-refractivity contribution in [1.82, 2.24) is 0 Å². The fraction of sp³-hybridized carbons (Fsp3) is 0.579. The molecule has 0 saturated carbocycles. The van der Waals surface area contributed by atoms with E-state index in [-0.39, 0.29) is 35.3 Å². The molecule has 154 valence electrons. The van der Waals surface area contributed by atoms with Crippen molar-refractivity contribution in [2.45, 2.75) is 32.1 Å². The lowest BCUT2D eigenvalue weighted by atomic mass is 10.1. The second-order valence-electron chi connectivity index (χ2n) is 7.03. The first-order chi connectivity index (χ1) is 13.3. The lowest BCUT2D eigenvalue weighted by molar-refractivity contribution is -0.121. The van der Waals surface area contributed by atoms with Crippen LogP contribution in [0.4, 0.5) is 11.4 Å². The van der Waals surface area contributed by atoms with Crippen molar-refractivity contribution >= 4 is 44.0 Å². The van der Waals surface area contributed by atoms with E-state index in [0.717, 1.165) is 30.0 Å². The molecule has 0 spiro atoms. The fourth-order valence-electron chi connectivity index (χ4n) is 3.80. The third-order valence-corrected chi connectivity index (χ3v) is 8.33. The van der Waals surface area contributed by atoms with E-state index in [2.05, 4.69) is 29.8 Å². The van der Waals surface area contributed by atoms with Gasteiger partial charge in [-0.25, -0.2) is 8.42 Å². The molecular formula is C19H27N3O4S2. The molecule has 0 aliphatic carbocycles. The van der Waals surface area contributed by atoms with E-state index >= 15 is 0 Å². The zero-order valence-corrected chi connectivity index (χ0v) is 18.3. The number of aryl methyl sites for hydroxylation is 1. The van der Waals surface area contributed by atoms with Crippen molar-refractivity contribution in [3.8, 4) is 0 Å². The second-order valence-corrected chi connectivity index (χ2v) is 10.4. The van der Waals surface area contributed by atoms with Crippen LogP contribution in [-0.4, -0.2) is 69.1 Å². The minimum Gasteiger partial charge on any atom is -0.375 e. The van der Waals surface area contributed by atoms with Crippen molar-refractivity contribution in [3.05, 3.63) is 23.8 Å². The summed E-state index contributed by atoms with van der Waals surface area (Å²) in [6.45, 7) is 7.98. The maximum Gasteiger partial charge on any atom is 0.274 e. The Morgan fingerprint density at radius 1 is 1.32 bits per heavy atom. The molecule has 2 fully saturated rings. The predicted octanol–water partition coefficient (Wildman–Crippen LogP) is 2.09. The number of amides is 1. The highest BCUT2D eigenvalue weighted by atomic mass is 32.2. The summed E-state index contributed by atoms with van der Waals surface area (Å²) in [5.41, 5.74) is 3.06. The van der Waals surface area contributed by atoms with E-state index in [4.69, 9.17) is 4.74 Å². The molecule has 2 aliphatic rings. The van der Waals surface area contributed by atoms with Crippen molar-refractivity contribution < 1.29 is 17.9 Å². The SMILES string of the molecule is CCN(CC)c1ccc(N2C(=NC(=O)COC)S[C@@H]3CS(=O)(=O)C[C@H]32)c(C)c1. The Hall–Kier alpha value is -1.58. The summed E-state index contributed by atoms with van der Waals surface area (Å²) in [5.74, 6) is -0.165. The van der Waals surface area contributed by atoms with E-state index in [1.54, 1.807) is 0 Å². The summed E-state index contributed by atoms with van der Waals surface area (Å²) < 4.78 is 29.3. The largest absolute Gasteiger partial charge is 0.375 e. The van der Waals surface area contributed by atoms with E-state index in [1.807, 2.05) is 24.0 Å². The zero-order valence-electron chi connectivity index (χ0n) is 16.7. The number of sulfone groups is 1. The number of aliphatic imine (C=N–C) groups is 1. The highest BCUT2D eigenvalue weighted by Gasteiger charge is 2.49. The Labute approximate surface area is 171 Å². The molecule has 0 aromatic heterocycles. The number of amidine groups is 1. The average molecular weight is 426 g/mol. The number of fused-ring (bicyclic) bond motifs is 1. The van der Waals surface area contributed by atoms with Crippen molar-refractivity contribution in [1.29, 1.82) is 0 Å². The molecule has 1 aromatic rings. The van der Waals surface area contributed by atoms with Crippen LogP contribution in [0.2, 0.25) is 0 Å². The number of ether oxygens (including phenoxy) is 1. The number of benzene rings is 1. The van der Waals surface area contributed by atoms with Gasteiger partial charge in [-0.3, -0.25) is 4.79 Å². The Bertz CT molecular complexity index is 881. The smallest absolute Gasteiger partial charge is 0.274 e. The number of anilines is 2. The van der Waals surface area contributed by atoms with Crippen molar-refractivity contribution in [2.24, 2.45) is 4.99 Å². The van der Waals surface area contributed by atoms with Crippen LogP contribution in [0.5, 0.6) is 0 Å². The number of hydrogen-bond donors (Lipinski definition) is 0.